The van der Waals surface area contributed by atoms with E-state index in [0.29, 0.717) is 0 Å². The van der Waals surface area contributed by atoms with Crippen molar-refractivity contribution in [2.75, 3.05) is 13.7 Å². The van der Waals surface area contributed by atoms with Gasteiger partial charge in [-0.1, -0.05) is 36.4 Å². The molecule has 0 spiro atoms. The second-order valence-corrected chi connectivity index (χ2v) is 5.89. The van der Waals surface area contributed by atoms with Crippen LogP contribution in [0.25, 0.3) is 0 Å². The van der Waals surface area contributed by atoms with E-state index in [-0.39, 0.29) is 6.10 Å². The summed E-state index contributed by atoms with van der Waals surface area (Å²) in [6.07, 6.45) is 2.00. The number of aromatic nitrogens is 1. The van der Waals surface area contributed by atoms with Crippen LogP contribution in [0.3, 0.4) is 0 Å². The second kappa shape index (κ2) is 8.08. The maximum absolute atomic E-state index is 5.32. The summed E-state index contributed by atoms with van der Waals surface area (Å²) < 4.78 is 5.32. The highest BCUT2D eigenvalue weighted by atomic mass is 32.1. The second-order valence-electron chi connectivity index (χ2n) is 5.00. The van der Waals surface area contributed by atoms with E-state index in [1.807, 2.05) is 19.1 Å². The maximum Gasteiger partial charge on any atom is 0.122 e. The fraction of sp³-hybridized carbons (Fsp3) is 0.353. The van der Waals surface area contributed by atoms with Crippen molar-refractivity contribution in [3.05, 3.63) is 64.6 Å². The van der Waals surface area contributed by atoms with Crippen LogP contribution in [-0.2, 0) is 17.8 Å². The summed E-state index contributed by atoms with van der Waals surface area (Å²) in [4.78, 5) is 6.99. The molecule has 4 heteroatoms. The predicted octanol–water partition coefficient (Wildman–Crippen LogP) is 4.04. The Bertz CT molecular complexity index is 553. The summed E-state index contributed by atoms with van der Waals surface area (Å²) in [5, 5.41) is 3.15. The first-order valence-electron chi connectivity index (χ1n) is 7.07. The SMILES string of the molecule is C=CCN(Cc1ccccc1)Cc1csc([C@@H](C)OC)n1. The first kappa shape index (κ1) is 15.9. The van der Waals surface area contributed by atoms with E-state index in [2.05, 4.69) is 46.1 Å². The Hall–Kier alpha value is -1.49. The van der Waals surface area contributed by atoms with Crippen molar-refractivity contribution in [2.24, 2.45) is 0 Å². The fourth-order valence-electron chi connectivity index (χ4n) is 2.12. The Morgan fingerprint density at radius 1 is 1.33 bits per heavy atom. The van der Waals surface area contributed by atoms with Crippen molar-refractivity contribution in [3.63, 3.8) is 0 Å². The Kier molecular flexibility index (Phi) is 6.11. The molecule has 0 radical (unpaired) electrons. The molecular weight excluding hydrogens is 280 g/mol. The van der Waals surface area contributed by atoms with Gasteiger partial charge in [0.05, 0.1) is 5.69 Å². The Labute approximate surface area is 130 Å². The molecule has 0 N–H and O–H groups in total. The highest BCUT2D eigenvalue weighted by Gasteiger charge is 2.12. The van der Waals surface area contributed by atoms with Crippen molar-refractivity contribution in [1.29, 1.82) is 0 Å². The van der Waals surface area contributed by atoms with Crippen molar-refractivity contribution in [3.8, 4) is 0 Å². The van der Waals surface area contributed by atoms with Gasteiger partial charge in [0.15, 0.2) is 0 Å². The van der Waals surface area contributed by atoms with Crippen LogP contribution in [0.4, 0.5) is 0 Å². The molecule has 2 rings (SSSR count). The van der Waals surface area contributed by atoms with Crippen LogP contribution in [-0.4, -0.2) is 23.5 Å². The van der Waals surface area contributed by atoms with E-state index in [9.17, 15) is 0 Å². The molecule has 1 aromatic heterocycles. The van der Waals surface area contributed by atoms with Gasteiger partial charge in [0.2, 0.25) is 0 Å². The zero-order valence-corrected chi connectivity index (χ0v) is 13.5. The lowest BCUT2D eigenvalue weighted by Crippen LogP contribution is -2.23. The van der Waals surface area contributed by atoms with Gasteiger partial charge in [-0.05, 0) is 12.5 Å². The molecule has 0 aliphatic carbocycles. The number of hydrogen-bond acceptors (Lipinski definition) is 4. The first-order valence-corrected chi connectivity index (χ1v) is 7.95. The van der Waals surface area contributed by atoms with E-state index in [4.69, 9.17) is 4.74 Å². The third kappa shape index (κ3) is 4.77. The largest absolute Gasteiger partial charge is 0.375 e. The highest BCUT2D eigenvalue weighted by molar-refractivity contribution is 7.09. The van der Waals surface area contributed by atoms with Gasteiger partial charge in [-0.2, -0.15) is 0 Å². The molecule has 1 aromatic carbocycles. The number of nitrogens with zero attached hydrogens (tertiary/aromatic N) is 2. The van der Waals surface area contributed by atoms with Crippen LogP contribution in [0.15, 0.2) is 48.4 Å². The molecule has 1 atom stereocenters. The number of benzene rings is 1. The third-order valence-electron chi connectivity index (χ3n) is 3.29. The van der Waals surface area contributed by atoms with E-state index in [1.165, 1.54) is 5.56 Å². The fourth-order valence-corrected chi connectivity index (χ4v) is 2.96. The van der Waals surface area contributed by atoms with Crippen LogP contribution < -0.4 is 0 Å². The first-order chi connectivity index (χ1) is 10.2. The molecule has 112 valence electrons. The molecular formula is C17H22N2OS. The topological polar surface area (TPSA) is 25.4 Å². The van der Waals surface area contributed by atoms with Gasteiger partial charge in [0.1, 0.15) is 11.1 Å². The lowest BCUT2D eigenvalue weighted by atomic mass is 10.2. The van der Waals surface area contributed by atoms with Crippen molar-refractivity contribution in [2.45, 2.75) is 26.1 Å². The van der Waals surface area contributed by atoms with Crippen molar-refractivity contribution in [1.82, 2.24) is 9.88 Å². The number of hydrogen-bond donors (Lipinski definition) is 0. The molecule has 0 bridgehead atoms. The average Bonchev–Trinajstić information content (AvgIpc) is 2.96. The van der Waals surface area contributed by atoms with Gasteiger partial charge in [0, 0.05) is 32.1 Å². The molecule has 0 saturated heterocycles. The minimum absolute atomic E-state index is 0.0609. The smallest absolute Gasteiger partial charge is 0.122 e. The molecule has 3 nitrogen and oxygen atoms in total. The van der Waals surface area contributed by atoms with E-state index < -0.39 is 0 Å². The molecule has 0 fully saturated rings. The van der Waals surface area contributed by atoms with E-state index in [1.54, 1.807) is 18.4 Å². The molecule has 21 heavy (non-hydrogen) atoms. The summed E-state index contributed by atoms with van der Waals surface area (Å²) in [5.74, 6) is 0. The number of rotatable bonds is 8. The molecule has 1 heterocycles. The van der Waals surface area contributed by atoms with Gasteiger partial charge < -0.3 is 4.74 Å². The molecule has 0 amide bonds. The quantitative estimate of drug-likeness (QED) is 0.688. The zero-order valence-electron chi connectivity index (χ0n) is 12.7. The van der Waals surface area contributed by atoms with Crippen LogP contribution in [0.2, 0.25) is 0 Å². The van der Waals surface area contributed by atoms with Crippen LogP contribution in [0.1, 0.15) is 29.3 Å². The predicted molar refractivity (Wildman–Crippen MR) is 88.3 cm³/mol. The normalized spacial score (nSPS) is 12.5. The summed E-state index contributed by atoms with van der Waals surface area (Å²) in [6.45, 7) is 8.45. The lowest BCUT2D eigenvalue weighted by molar-refractivity contribution is 0.119. The van der Waals surface area contributed by atoms with Crippen LogP contribution in [0.5, 0.6) is 0 Å². The van der Waals surface area contributed by atoms with Gasteiger partial charge >= 0.3 is 0 Å². The third-order valence-corrected chi connectivity index (χ3v) is 4.35. The summed E-state index contributed by atoms with van der Waals surface area (Å²) >= 11 is 1.66. The Balaban J connectivity index is 2.02. The van der Waals surface area contributed by atoms with Crippen LogP contribution in [0, 0.1) is 0 Å². The number of methoxy groups -OCH3 is 1. The standard InChI is InChI=1S/C17H22N2OS/c1-4-10-19(11-15-8-6-5-7-9-15)12-16-13-21-17(18-16)14(2)20-3/h4-9,13-14H,1,10-12H2,2-3H3/t14-/m1/s1. The number of ether oxygens (including phenoxy) is 1. The Morgan fingerprint density at radius 2 is 2.10 bits per heavy atom. The van der Waals surface area contributed by atoms with E-state index in [0.717, 1.165) is 30.3 Å². The molecule has 0 saturated carbocycles. The van der Waals surface area contributed by atoms with Gasteiger partial charge in [0.25, 0.3) is 0 Å². The summed E-state index contributed by atoms with van der Waals surface area (Å²) in [7, 11) is 1.71. The monoisotopic (exact) mass is 302 g/mol. The molecule has 0 aliphatic rings. The van der Waals surface area contributed by atoms with Gasteiger partial charge in [-0.3, -0.25) is 4.90 Å². The number of thiazole rings is 1. The summed E-state index contributed by atoms with van der Waals surface area (Å²) in [6, 6.07) is 10.5. The van der Waals surface area contributed by atoms with Crippen LogP contribution >= 0.6 is 11.3 Å². The Morgan fingerprint density at radius 3 is 2.76 bits per heavy atom. The minimum atomic E-state index is 0.0609. The van der Waals surface area contributed by atoms with Gasteiger partial charge in [-0.25, -0.2) is 4.98 Å². The molecule has 0 aliphatic heterocycles. The van der Waals surface area contributed by atoms with E-state index >= 15 is 0 Å². The molecule has 0 unspecified atom stereocenters. The lowest BCUT2D eigenvalue weighted by Gasteiger charge is -2.19. The zero-order chi connectivity index (χ0) is 15.1. The summed E-state index contributed by atoms with van der Waals surface area (Å²) in [5.41, 5.74) is 2.40. The maximum atomic E-state index is 5.32. The molecule has 2 aromatic rings. The highest BCUT2D eigenvalue weighted by Crippen LogP contribution is 2.21. The average molecular weight is 302 g/mol. The van der Waals surface area contributed by atoms with Gasteiger partial charge in [-0.15, -0.1) is 17.9 Å². The minimum Gasteiger partial charge on any atom is -0.375 e. The van der Waals surface area contributed by atoms with Crippen molar-refractivity contribution >= 4 is 11.3 Å². The van der Waals surface area contributed by atoms with Crippen molar-refractivity contribution < 1.29 is 4.74 Å².